The lowest BCUT2D eigenvalue weighted by atomic mass is 10.1. The molecule has 0 aliphatic rings. The van der Waals surface area contributed by atoms with Crippen molar-refractivity contribution in [1.82, 2.24) is 4.72 Å². The fraction of sp³-hybridized carbons (Fsp3) is 0.500. The monoisotopic (exact) mass is 349 g/mol. The molecule has 1 aromatic rings. The molecule has 0 spiro atoms. The number of sulfonamides is 1. The van der Waals surface area contributed by atoms with Gasteiger partial charge in [0, 0.05) is 25.2 Å². The summed E-state index contributed by atoms with van der Waals surface area (Å²) in [6.07, 6.45) is 0.680. The number of rotatable bonds is 7. The Balaban J connectivity index is 0.00000441. The van der Waals surface area contributed by atoms with Crippen molar-refractivity contribution in [3.63, 3.8) is 0 Å². The summed E-state index contributed by atoms with van der Waals surface area (Å²) < 4.78 is 27.1. The summed E-state index contributed by atoms with van der Waals surface area (Å²) in [4.78, 5) is 11.1. The van der Waals surface area contributed by atoms with E-state index in [4.69, 9.17) is 5.73 Å². The van der Waals surface area contributed by atoms with E-state index in [1.54, 1.807) is 12.1 Å². The van der Waals surface area contributed by atoms with E-state index in [1.807, 2.05) is 13.8 Å². The van der Waals surface area contributed by atoms with Crippen LogP contribution in [-0.4, -0.2) is 26.9 Å². The van der Waals surface area contributed by atoms with E-state index < -0.39 is 10.0 Å². The highest BCUT2D eigenvalue weighted by Gasteiger charge is 2.19. The molecule has 0 aromatic heterocycles. The number of halogens is 1. The maximum atomic E-state index is 12.3. The number of hydrogen-bond acceptors (Lipinski definition) is 4. The summed E-state index contributed by atoms with van der Waals surface area (Å²) in [6.45, 7) is 5.67. The fourth-order valence-corrected chi connectivity index (χ4v) is 3.23. The third-order valence-electron chi connectivity index (χ3n) is 2.85. The highest BCUT2D eigenvalue weighted by Crippen LogP contribution is 2.15. The molecule has 126 valence electrons. The van der Waals surface area contributed by atoms with Gasteiger partial charge in [-0.2, -0.15) is 0 Å². The van der Waals surface area contributed by atoms with E-state index in [-0.39, 0.29) is 35.8 Å². The average molecular weight is 350 g/mol. The van der Waals surface area contributed by atoms with Crippen molar-refractivity contribution in [2.75, 3.05) is 11.9 Å². The molecule has 1 atom stereocenters. The van der Waals surface area contributed by atoms with Crippen molar-refractivity contribution >= 4 is 34.0 Å². The quantitative estimate of drug-likeness (QED) is 0.697. The largest absolute Gasteiger partial charge is 0.329 e. The molecule has 1 aromatic carbocycles. The molecule has 0 aliphatic carbocycles. The first kappa shape index (κ1) is 20.9. The van der Waals surface area contributed by atoms with Crippen LogP contribution in [0.25, 0.3) is 0 Å². The summed E-state index contributed by atoms with van der Waals surface area (Å²) in [5.74, 6) is 0.146. The molecule has 0 radical (unpaired) electrons. The minimum absolute atomic E-state index is 0. The zero-order valence-corrected chi connectivity index (χ0v) is 14.6. The van der Waals surface area contributed by atoms with Gasteiger partial charge >= 0.3 is 0 Å². The predicted octanol–water partition coefficient (Wildman–Crippen LogP) is 1.72. The zero-order chi connectivity index (χ0) is 16.0. The van der Waals surface area contributed by atoms with Gasteiger partial charge in [-0.1, -0.05) is 13.8 Å². The molecule has 0 saturated heterocycles. The van der Waals surface area contributed by atoms with Crippen LogP contribution in [-0.2, 0) is 14.8 Å². The van der Waals surface area contributed by atoms with E-state index in [2.05, 4.69) is 10.0 Å². The summed E-state index contributed by atoms with van der Waals surface area (Å²) >= 11 is 0. The number of nitrogens with two attached hydrogens (primary N) is 1. The highest BCUT2D eigenvalue weighted by molar-refractivity contribution is 7.89. The lowest BCUT2D eigenvalue weighted by Gasteiger charge is -2.19. The Bertz CT molecular complexity index is 574. The first-order chi connectivity index (χ1) is 9.74. The van der Waals surface area contributed by atoms with Gasteiger partial charge in [0.2, 0.25) is 15.9 Å². The maximum Gasteiger partial charge on any atom is 0.240 e. The van der Waals surface area contributed by atoms with Gasteiger partial charge in [0.25, 0.3) is 0 Å². The van der Waals surface area contributed by atoms with Crippen LogP contribution in [0.3, 0.4) is 0 Å². The van der Waals surface area contributed by atoms with E-state index in [0.717, 1.165) is 0 Å². The van der Waals surface area contributed by atoms with Crippen LogP contribution in [0.4, 0.5) is 5.69 Å². The van der Waals surface area contributed by atoms with E-state index in [0.29, 0.717) is 18.0 Å². The molecule has 1 rings (SSSR count). The number of benzene rings is 1. The van der Waals surface area contributed by atoms with E-state index in [1.165, 1.54) is 19.1 Å². The number of carbonyl (C=O) groups is 1. The van der Waals surface area contributed by atoms with Crippen LogP contribution in [0.2, 0.25) is 0 Å². The Labute approximate surface area is 138 Å². The molecule has 4 N–H and O–H groups in total. The Hall–Kier alpha value is -1.15. The zero-order valence-electron chi connectivity index (χ0n) is 13.0. The Morgan fingerprint density at radius 3 is 2.18 bits per heavy atom. The fourth-order valence-electron chi connectivity index (χ4n) is 1.97. The normalized spacial score (nSPS) is 12.6. The number of hydrogen-bond donors (Lipinski definition) is 3. The predicted molar refractivity (Wildman–Crippen MR) is 90.6 cm³/mol. The lowest BCUT2D eigenvalue weighted by molar-refractivity contribution is -0.114. The molecule has 6 nitrogen and oxygen atoms in total. The standard InChI is InChI=1S/C14H23N3O3S.ClH/c1-10(2)8-13(9-15)17-21(19,20)14-6-4-12(5-7-14)16-11(3)18;/h4-7,10,13,17H,8-9,15H2,1-3H3,(H,16,18);1H. The molecule has 1 unspecified atom stereocenters. The van der Waals surface area contributed by atoms with Gasteiger partial charge in [-0.15, -0.1) is 12.4 Å². The minimum atomic E-state index is -3.61. The Kier molecular flexibility index (Phi) is 8.62. The summed E-state index contributed by atoms with van der Waals surface area (Å²) in [6, 6.07) is 5.73. The van der Waals surface area contributed by atoms with E-state index >= 15 is 0 Å². The molecule has 8 heteroatoms. The first-order valence-corrected chi connectivity index (χ1v) is 8.33. The van der Waals surface area contributed by atoms with Crippen LogP contribution in [0.15, 0.2) is 29.2 Å². The molecule has 0 aliphatic heterocycles. The summed E-state index contributed by atoms with van der Waals surface area (Å²) in [5.41, 5.74) is 6.17. The van der Waals surface area contributed by atoms with Crippen molar-refractivity contribution < 1.29 is 13.2 Å². The van der Waals surface area contributed by atoms with Gasteiger partial charge in [0.05, 0.1) is 4.90 Å². The second-order valence-corrected chi connectivity index (χ2v) is 7.10. The van der Waals surface area contributed by atoms with Gasteiger partial charge in [0.1, 0.15) is 0 Å². The second kappa shape index (κ2) is 9.09. The maximum absolute atomic E-state index is 12.3. The van der Waals surface area contributed by atoms with Gasteiger partial charge in [-0.05, 0) is 36.6 Å². The van der Waals surface area contributed by atoms with Gasteiger partial charge < -0.3 is 11.1 Å². The second-order valence-electron chi connectivity index (χ2n) is 5.39. The Morgan fingerprint density at radius 1 is 1.23 bits per heavy atom. The molecular weight excluding hydrogens is 326 g/mol. The summed E-state index contributed by atoms with van der Waals surface area (Å²) in [7, 11) is -3.61. The molecule has 1 amide bonds. The topological polar surface area (TPSA) is 101 Å². The van der Waals surface area contributed by atoms with Crippen molar-refractivity contribution in [2.45, 2.75) is 38.1 Å². The highest BCUT2D eigenvalue weighted by atomic mass is 35.5. The smallest absolute Gasteiger partial charge is 0.240 e. The Morgan fingerprint density at radius 2 is 1.77 bits per heavy atom. The van der Waals surface area contributed by atoms with Gasteiger partial charge in [-0.3, -0.25) is 4.79 Å². The minimum Gasteiger partial charge on any atom is -0.329 e. The van der Waals surface area contributed by atoms with Gasteiger partial charge in [0.15, 0.2) is 0 Å². The molecule has 0 heterocycles. The van der Waals surface area contributed by atoms with Crippen LogP contribution in [0.1, 0.15) is 27.2 Å². The third-order valence-corrected chi connectivity index (χ3v) is 4.38. The lowest BCUT2D eigenvalue weighted by Crippen LogP contribution is -2.40. The molecule has 0 bridgehead atoms. The third kappa shape index (κ3) is 6.74. The van der Waals surface area contributed by atoms with Crippen molar-refractivity contribution in [1.29, 1.82) is 0 Å². The van der Waals surface area contributed by atoms with Crippen LogP contribution in [0.5, 0.6) is 0 Å². The number of carbonyl (C=O) groups excluding carboxylic acids is 1. The molecule has 22 heavy (non-hydrogen) atoms. The van der Waals surface area contributed by atoms with Crippen LogP contribution in [0, 0.1) is 5.92 Å². The average Bonchev–Trinajstić information content (AvgIpc) is 2.37. The first-order valence-electron chi connectivity index (χ1n) is 6.84. The molecule has 0 saturated carbocycles. The number of anilines is 1. The molecular formula is C14H24ClN3O3S. The van der Waals surface area contributed by atoms with Crippen molar-refractivity contribution in [2.24, 2.45) is 11.7 Å². The SMILES string of the molecule is CC(=O)Nc1ccc(S(=O)(=O)NC(CN)CC(C)C)cc1.Cl. The van der Waals surface area contributed by atoms with Crippen LogP contribution >= 0.6 is 12.4 Å². The van der Waals surface area contributed by atoms with E-state index in [9.17, 15) is 13.2 Å². The van der Waals surface area contributed by atoms with Gasteiger partial charge in [-0.25, -0.2) is 13.1 Å². The summed E-state index contributed by atoms with van der Waals surface area (Å²) in [5, 5.41) is 2.59. The van der Waals surface area contributed by atoms with Crippen molar-refractivity contribution in [3.05, 3.63) is 24.3 Å². The van der Waals surface area contributed by atoms with Crippen LogP contribution < -0.4 is 15.8 Å². The number of nitrogens with one attached hydrogen (secondary N) is 2. The van der Waals surface area contributed by atoms with Crippen molar-refractivity contribution in [3.8, 4) is 0 Å². The number of amides is 1. The molecule has 0 fully saturated rings.